The normalized spacial score (nSPS) is 36.2. The lowest BCUT2D eigenvalue weighted by molar-refractivity contribution is 0.00246. The maximum absolute atomic E-state index is 5.82. The van der Waals surface area contributed by atoms with Gasteiger partial charge in [-0.1, -0.05) is 24.6 Å². The highest BCUT2D eigenvalue weighted by molar-refractivity contribution is 5.85. The van der Waals surface area contributed by atoms with E-state index in [2.05, 4.69) is 34.7 Å². The quantitative estimate of drug-likeness (QED) is 0.758. The van der Waals surface area contributed by atoms with Crippen LogP contribution in [0, 0.1) is 5.92 Å². The van der Waals surface area contributed by atoms with Crippen LogP contribution >= 0.6 is 0 Å². The van der Waals surface area contributed by atoms with Crippen LogP contribution in [-0.4, -0.2) is 17.1 Å². The molecule has 0 unspecified atom stereocenters. The van der Waals surface area contributed by atoms with Gasteiger partial charge in [0.1, 0.15) is 0 Å². The first-order valence-electron chi connectivity index (χ1n) is 7.42. The maximum Gasteiger partial charge on any atom is 0.0840 e. The highest BCUT2D eigenvalue weighted by atomic mass is 16.7. The average molecular weight is 254 g/mol. The highest BCUT2D eigenvalue weighted by Gasteiger charge is 2.49. The van der Waals surface area contributed by atoms with Crippen LogP contribution in [0.15, 0.2) is 24.3 Å². The second-order valence-corrected chi connectivity index (χ2v) is 6.26. The Balaban J connectivity index is 1.73. The van der Waals surface area contributed by atoms with Gasteiger partial charge in [-0.3, -0.25) is 4.84 Å². The van der Waals surface area contributed by atoms with Gasteiger partial charge in [0, 0.05) is 34.5 Å². The summed E-state index contributed by atoms with van der Waals surface area (Å²) in [6, 6.07) is 9.23. The third kappa shape index (κ3) is 1.30. The van der Waals surface area contributed by atoms with E-state index in [4.69, 9.17) is 4.84 Å². The molecule has 3 heteroatoms. The van der Waals surface area contributed by atoms with Crippen LogP contribution in [0.1, 0.15) is 36.4 Å². The van der Waals surface area contributed by atoms with Gasteiger partial charge in [0.2, 0.25) is 0 Å². The molecule has 0 radical (unpaired) electrons. The zero-order chi connectivity index (χ0) is 12.4. The second-order valence-electron chi connectivity index (χ2n) is 6.26. The van der Waals surface area contributed by atoms with Crippen LogP contribution in [0.3, 0.4) is 0 Å². The molecule has 0 amide bonds. The minimum Gasteiger partial charge on any atom is -0.358 e. The smallest absolute Gasteiger partial charge is 0.0840 e. The lowest BCUT2D eigenvalue weighted by atomic mass is 9.67. The molecule has 0 bridgehead atoms. The van der Waals surface area contributed by atoms with Gasteiger partial charge in [-0.2, -0.15) is 5.48 Å². The molecule has 2 aromatic rings. The van der Waals surface area contributed by atoms with Crippen LogP contribution in [0.4, 0.5) is 0 Å². The molecule has 2 heterocycles. The first-order chi connectivity index (χ1) is 9.42. The molecular formula is C16H18N2O. The Morgan fingerprint density at radius 2 is 2.11 bits per heavy atom. The molecule has 1 aromatic heterocycles. The van der Waals surface area contributed by atoms with Gasteiger partial charge >= 0.3 is 0 Å². The fourth-order valence-electron chi connectivity index (χ4n) is 4.61. The lowest BCUT2D eigenvalue weighted by Gasteiger charge is -2.38. The van der Waals surface area contributed by atoms with Crippen molar-refractivity contribution >= 4 is 10.9 Å². The summed E-state index contributed by atoms with van der Waals surface area (Å²) < 4.78 is 0. The fraction of sp³-hybridized carbons (Fsp3) is 0.500. The van der Waals surface area contributed by atoms with E-state index in [0.717, 1.165) is 6.42 Å². The van der Waals surface area contributed by atoms with E-state index in [1.54, 1.807) is 0 Å². The van der Waals surface area contributed by atoms with Crippen molar-refractivity contribution in [1.82, 2.24) is 10.5 Å². The van der Waals surface area contributed by atoms with Crippen molar-refractivity contribution in [3.8, 4) is 0 Å². The number of hydroxylamine groups is 1. The van der Waals surface area contributed by atoms with Crippen molar-refractivity contribution in [3.63, 3.8) is 0 Å². The third-order valence-electron chi connectivity index (χ3n) is 5.37. The molecule has 98 valence electrons. The van der Waals surface area contributed by atoms with Gasteiger partial charge in [0.05, 0.1) is 6.10 Å². The number of hydrogen-bond acceptors (Lipinski definition) is 2. The van der Waals surface area contributed by atoms with Gasteiger partial charge in [0.15, 0.2) is 0 Å². The van der Waals surface area contributed by atoms with E-state index in [1.165, 1.54) is 41.4 Å². The van der Waals surface area contributed by atoms with E-state index in [9.17, 15) is 0 Å². The molecule has 3 nitrogen and oxygen atoms in total. The monoisotopic (exact) mass is 254 g/mol. The zero-order valence-electron chi connectivity index (χ0n) is 10.9. The summed E-state index contributed by atoms with van der Waals surface area (Å²) in [6.45, 7) is 0. The summed E-state index contributed by atoms with van der Waals surface area (Å²) in [5, 5.41) is 1.41. The van der Waals surface area contributed by atoms with Crippen LogP contribution in [0.25, 0.3) is 10.9 Å². The Morgan fingerprint density at radius 3 is 3.11 bits per heavy atom. The van der Waals surface area contributed by atoms with E-state index in [1.807, 2.05) is 0 Å². The average Bonchev–Trinajstić information content (AvgIpc) is 3.03. The van der Waals surface area contributed by atoms with Crippen LogP contribution < -0.4 is 5.48 Å². The Labute approximate surface area is 112 Å². The first kappa shape index (κ1) is 10.5. The number of para-hydroxylation sites is 1. The summed E-state index contributed by atoms with van der Waals surface area (Å²) in [4.78, 5) is 9.52. The number of fused-ring (bicyclic) bond motifs is 4. The van der Waals surface area contributed by atoms with E-state index < -0.39 is 0 Å². The molecule has 0 spiro atoms. The molecule has 1 saturated heterocycles. The van der Waals surface area contributed by atoms with Gasteiger partial charge in [0.25, 0.3) is 0 Å². The van der Waals surface area contributed by atoms with Crippen molar-refractivity contribution in [2.24, 2.45) is 5.92 Å². The summed E-state index contributed by atoms with van der Waals surface area (Å²) in [6.07, 6.45) is 5.36. The van der Waals surface area contributed by atoms with Crippen LogP contribution in [-0.2, 0) is 11.3 Å². The van der Waals surface area contributed by atoms with Crippen molar-refractivity contribution < 1.29 is 4.84 Å². The van der Waals surface area contributed by atoms with Crippen molar-refractivity contribution in [3.05, 3.63) is 35.5 Å². The molecule has 4 atom stereocenters. The summed E-state index contributed by atoms with van der Waals surface area (Å²) >= 11 is 0. The predicted molar refractivity (Wildman–Crippen MR) is 73.9 cm³/mol. The second kappa shape index (κ2) is 3.62. The minimum absolute atomic E-state index is 0.434. The summed E-state index contributed by atoms with van der Waals surface area (Å²) in [5.74, 6) is 1.34. The van der Waals surface area contributed by atoms with Gasteiger partial charge in [-0.15, -0.1) is 0 Å². The number of aromatic amines is 1. The largest absolute Gasteiger partial charge is 0.358 e. The van der Waals surface area contributed by atoms with Crippen molar-refractivity contribution in [2.75, 3.05) is 0 Å². The lowest BCUT2D eigenvalue weighted by Crippen LogP contribution is -2.40. The van der Waals surface area contributed by atoms with Crippen molar-refractivity contribution in [2.45, 2.75) is 43.7 Å². The van der Waals surface area contributed by atoms with Gasteiger partial charge in [-0.25, -0.2) is 0 Å². The van der Waals surface area contributed by atoms with E-state index in [-0.39, 0.29) is 0 Å². The summed E-state index contributed by atoms with van der Waals surface area (Å²) in [7, 11) is 0. The van der Waals surface area contributed by atoms with E-state index >= 15 is 0 Å². The Morgan fingerprint density at radius 1 is 1.16 bits per heavy atom. The third-order valence-corrected chi connectivity index (χ3v) is 5.37. The Hall–Kier alpha value is -1.32. The summed E-state index contributed by atoms with van der Waals surface area (Å²) in [5.41, 5.74) is 7.64. The van der Waals surface area contributed by atoms with Crippen molar-refractivity contribution in [1.29, 1.82) is 0 Å². The Kier molecular flexibility index (Phi) is 1.99. The molecule has 2 fully saturated rings. The molecule has 1 saturated carbocycles. The molecule has 3 aliphatic rings. The Bertz CT molecular complexity index is 647. The standard InChI is InChI=1S/C16H18N2O/c1-2-6-12-9(4-1)11-8-13-15-10(16(11)17-12)5-3-7-14(15)19-18-13/h1-2,4,6,10,13-15,17-18H,3,5,7-8H2/t10-,13-,14+,15+/m1/s1. The number of benzene rings is 1. The zero-order valence-corrected chi connectivity index (χ0v) is 10.9. The fourth-order valence-corrected chi connectivity index (χ4v) is 4.61. The van der Waals surface area contributed by atoms with Crippen LogP contribution in [0.5, 0.6) is 0 Å². The number of H-pyrrole nitrogens is 1. The van der Waals surface area contributed by atoms with E-state index in [0.29, 0.717) is 24.0 Å². The molecule has 2 aliphatic carbocycles. The van der Waals surface area contributed by atoms with Gasteiger partial charge < -0.3 is 4.98 Å². The SMILES string of the molecule is c1ccc2c3c([nH]c2c1)[C@@H]1CCC[C@@H]2ON[C@H](C3)[C@@H]21. The first-order valence-corrected chi connectivity index (χ1v) is 7.42. The van der Waals surface area contributed by atoms with Gasteiger partial charge in [-0.05, 0) is 30.9 Å². The minimum atomic E-state index is 0.434. The molecule has 1 aromatic carbocycles. The predicted octanol–water partition coefficient (Wildman–Crippen LogP) is 2.88. The maximum atomic E-state index is 5.82. The molecule has 19 heavy (non-hydrogen) atoms. The molecule has 1 aliphatic heterocycles. The number of nitrogens with one attached hydrogen (secondary N) is 2. The number of rotatable bonds is 0. The number of aromatic nitrogens is 1. The molecular weight excluding hydrogens is 236 g/mol. The van der Waals surface area contributed by atoms with Crippen LogP contribution in [0.2, 0.25) is 0 Å². The molecule has 2 N–H and O–H groups in total. The topological polar surface area (TPSA) is 37.0 Å². The number of hydrogen-bond donors (Lipinski definition) is 2. The molecule has 5 rings (SSSR count). The highest BCUT2D eigenvalue weighted by Crippen LogP contribution is 2.49.